The van der Waals surface area contributed by atoms with Gasteiger partial charge in [-0.25, -0.2) is 0 Å². The maximum absolute atomic E-state index is 12.0. The zero-order valence-electron chi connectivity index (χ0n) is 9.40. The van der Waals surface area contributed by atoms with Gasteiger partial charge in [-0.05, 0) is 37.8 Å². The summed E-state index contributed by atoms with van der Waals surface area (Å²) in [6.07, 6.45) is 7.67. The van der Waals surface area contributed by atoms with Crippen molar-refractivity contribution < 1.29 is 9.21 Å². The molecule has 84 valence electrons. The summed E-state index contributed by atoms with van der Waals surface area (Å²) in [6, 6.07) is 3.49. The Hall–Kier alpha value is -1.69. The van der Waals surface area contributed by atoms with Crippen LogP contribution in [0.3, 0.4) is 0 Å². The van der Waals surface area contributed by atoms with Gasteiger partial charge in [0.25, 0.3) is 5.91 Å². The van der Waals surface area contributed by atoms with Gasteiger partial charge in [0, 0.05) is 6.54 Å². The summed E-state index contributed by atoms with van der Waals surface area (Å²) >= 11 is 0. The summed E-state index contributed by atoms with van der Waals surface area (Å²) < 4.78 is 5.31. The number of rotatable bonds is 4. The van der Waals surface area contributed by atoms with Gasteiger partial charge in [-0.1, -0.05) is 5.92 Å². The Morgan fingerprint density at radius 1 is 1.62 bits per heavy atom. The lowest BCUT2D eigenvalue weighted by Gasteiger charge is -2.18. The number of furan rings is 1. The van der Waals surface area contributed by atoms with Crippen LogP contribution in [-0.4, -0.2) is 23.9 Å². The molecule has 0 saturated heterocycles. The first kappa shape index (κ1) is 10.8. The van der Waals surface area contributed by atoms with E-state index < -0.39 is 0 Å². The van der Waals surface area contributed by atoms with Crippen LogP contribution in [-0.2, 0) is 0 Å². The van der Waals surface area contributed by atoms with Gasteiger partial charge in [-0.3, -0.25) is 4.79 Å². The Kier molecular flexibility index (Phi) is 3.00. The molecule has 16 heavy (non-hydrogen) atoms. The molecule has 1 fully saturated rings. The van der Waals surface area contributed by atoms with E-state index in [0.29, 0.717) is 18.2 Å². The van der Waals surface area contributed by atoms with E-state index in [0.717, 1.165) is 12.3 Å². The molecular weight excluding hydrogens is 202 g/mol. The monoisotopic (exact) mass is 217 g/mol. The number of amides is 1. The first-order chi connectivity index (χ1) is 7.70. The maximum Gasteiger partial charge on any atom is 0.290 e. The standard InChI is InChI=1S/C13H15NO2/c1-3-8-14(9-11-5-6-11)13(15)12-7-4-10(2)16-12/h1,4,7,11H,5-6,8-9H2,2H3. The fourth-order valence-electron chi connectivity index (χ4n) is 1.65. The fraction of sp³-hybridized carbons (Fsp3) is 0.462. The molecule has 0 N–H and O–H groups in total. The number of terminal acetylenes is 1. The van der Waals surface area contributed by atoms with Gasteiger partial charge in [0.1, 0.15) is 5.76 Å². The van der Waals surface area contributed by atoms with Crippen molar-refractivity contribution in [1.82, 2.24) is 4.90 Å². The SMILES string of the molecule is C#CCN(CC1CC1)C(=O)c1ccc(C)o1. The Morgan fingerprint density at radius 3 is 2.88 bits per heavy atom. The topological polar surface area (TPSA) is 33.5 Å². The summed E-state index contributed by atoms with van der Waals surface area (Å²) in [6.45, 7) is 2.93. The molecule has 0 aliphatic heterocycles. The number of carbonyl (C=O) groups is 1. The van der Waals surface area contributed by atoms with Crippen LogP contribution in [0.4, 0.5) is 0 Å². The molecule has 2 rings (SSSR count). The Morgan fingerprint density at radius 2 is 2.38 bits per heavy atom. The van der Waals surface area contributed by atoms with Crippen molar-refractivity contribution in [2.45, 2.75) is 19.8 Å². The minimum absolute atomic E-state index is 0.0991. The van der Waals surface area contributed by atoms with E-state index in [1.807, 2.05) is 6.92 Å². The van der Waals surface area contributed by atoms with Crippen LogP contribution in [0, 0.1) is 25.2 Å². The third-order valence-corrected chi connectivity index (χ3v) is 2.70. The molecule has 0 radical (unpaired) electrons. The summed E-state index contributed by atoms with van der Waals surface area (Å²) in [5.74, 6) is 4.18. The molecule has 1 aliphatic rings. The van der Waals surface area contributed by atoms with Gasteiger partial charge in [-0.15, -0.1) is 6.42 Å². The van der Waals surface area contributed by atoms with Crippen molar-refractivity contribution in [3.63, 3.8) is 0 Å². The van der Waals surface area contributed by atoms with Gasteiger partial charge < -0.3 is 9.32 Å². The third kappa shape index (κ3) is 2.46. The van der Waals surface area contributed by atoms with Gasteiger partial charge >= 0.3 is 0 Å². The zero-order chi connectivity index (χ0) is 11.5. The molecule has 0 spiro atoms. The lowest BCUT2D eigenvalue weighted by molar-refractivity contribution is 0.0736. The largest absolute Gasteiger partial charge is 0.456 e. The molecule has 0 unspecified atom stereocenters. The minimum Gasteiger partial charge on any atom is -0.456 e. The lowest BCUT2D eigenvalue weighted by atomic mass is 10.3. The van der Waals surface area contributed by atoms with E-state index >= 15 is 0 Å². The highest BCUT2D eigenvalue weighted by atomic mass is 16.3. The molecule has 1 amide bonds. The number of hydrogen-bond donors (Lipinski definition) is 0. The van der Waals surface area contributed by atoms with E-state index in [2.05, 4.69) is 5.92 Å². The highest BCUT2D eigenvalue weighted by Crippen LogP contribution is 2.30. The van der Waals surface area contributed by atoms with Crippen LogP contribution in [0.15, 0.2) is 16.5 Å². The molecule has 1 heterocycles. The second kappa shape index (κ2) is 4.44. The average molecular weight is 217 g/mol. The van der Waals surface area contributed by atoms with E-state index in [-0.39, 0.29) is 5.91 Å². The first-order valence-corrected chi connectivity index (χ1v) is 5.50. The molecule has 1 aliphatic carbocycles. The molecule has 3 nitrogen and oxygen atoms in total. The van der Waals surface area contributed by atoms with Crippen molar-refractivity contribution in [3.05, 3.63) is 23.7 Å². The normalized spacial score (nSPS) is 14.5. The lowest BCUT2D eigenvalue weighted by Crippen LogP contribution is -2.33. The molecule has 1 aromatic rings. The third-order valence-electron chi connectivity index (χ3n) is 2.70. The van der Waals surface area contributed by atoms with Crippen molar-refractivity contribution >= 4 is 5.91 Å². The second-order valence-corrected chi connectivity index (χ2v) is 4.24. The van der Waals surface area contributed by atoms with Gasteiger partial charge in [0.2, 0.25) is 0 Å². The van der Waals surface area contributed by atoms with Crippen LogP contribution in [0.1, 0.15) is 29.2 Å². The first-order valence-electron chi connectivity index (χ1n) is 5.50. The van der Waals surface area contributed by atoms with Gasteiger partial charge in [-0.2, -0.15) is 0 Å². The summed E-state index contributed by atoms with van der Waals surface area (Å²) in [7, 11) is 0. The molecule has 0 aromatic carbocycles. The minimum atomic E-state index is -0.0991. The van der Waals surface area contributed by atoms with Gasteiger partial charge in [0.15, 0.2) is 5.76 Å². The van der Waals surface area contributed by atoms with Crippen LogP contribution in [0.25, 0.3) is 0 Å². The highest BCUT2D eigenvalue weighted by Gasteiger charge is 2.27. The number of nitrogens with zero attached hydrogens (tertiary/aromatic N) is 1. The fourth-order valence-corrected chi connectivity index (χ4v) is 1.65. The van der Waals surface area contributed by atoms with E-state index in [1.165, 1.54) is 12.8 Å². The van der Waals surface area contributed by atoms with Gasteiger partial charge in [0.05, 0.1) is 6.54 Å². The predicted molar refractivity (Wildman–Crippen MR) is 60.9 cm³/mol. The molecule has 0 atom stereocenters. The van der Waals surface area contributed by atoms with Crippen LogP contribution >= 0.6 is 0 Å². The molecule has 1 aromatic heterocycles. The Balaban J connectivity index is 2.06. The van der Waals surface area contributed by atoms with Crippen LogP contribution in [0.5, 0.6) is 0 Å². The van der Waals surface area contributed by atoms with E-state index in [9.17, 15) is 4.79 Å². The number of hydrogen-bond acceptors (Lipinski definition) is 2. The van der Waals surface area contributed by atoms with Crippen molar-refractivity contribution in [1.29, 1.82) is 0 Å². The number of carbonyl (C=O) groups excluding carboxylic acids is 1. The van der Waals surface area contributed by atoms with Crippen molar-refractivity contribution in [2.75, 3.05) is 13.1 Å². The van der Waals surface area contributed by atoms with E-state index in [1.54, 1.807) is 17.0 Å². The quantitative estimate of drug-likeness (QED) is 0.723. The summed E-state index contributed by atoms with van der Waals surface area (Å²) in [5, 5.41) is 0. The van der Waals surface area contributed by atoms with Crippen LogP contribution < -0.4 is 0 Å². The maximum atomic E-state index is 12.0. The summed E-state index contributed by atoms with van der Waals surface area (Å²) in [5.41, 5.74) is 0. The van der Waals surface area contributed by atoms with Crippen molar-refractivity contribution in [2.24, 2.45) is 5.92 Å². The second-order valence-electron chi connectivity index (χ2n) is 4.24. The Labute approximate surface area is 95.4 Å². The molecule has 0 bridgehead atoms. The predicted octanol–water partition coefficient (Wildman–Crippen LogP) is 2.07. The molecule has 3 heteroatoms. The Bertz CT molecular complexity index is 423. The zero-order valence-corrected chi connectivity index (χ0v) is 9.40. The highest BCUT2D eigenvalue weighted by molar-refractivity contribution is 5.91. The molecular formula is C13H15NO2. The smallest absolute Gasteiger partial charge is 0.290 e. The average Bonchev–Trinajstić information content (AvgIpc) is 2.97. The molecule has 1 saturated carbocycles. The van der Waals surface area contributed by atoms with Crippen molar-refractivity contribution in [3.8, 4) is 12.3 Å². The van der Waals surface area contributed by atoms with E-state index in [4.69, 9.17) is 10.8 Å². The number of aryl methyl sites for hydroxylation is 1. The summed E-state index contributed by atoms with van der Waals surface area (Å²) in [4.78, 5) is 13.7. The van der Waals surface area contributed by atoms with Crippen LogP contribution in [0.2, 0.25) is 0 Å².